The molecule has 0 bridgehead atoms. The Morgan fingerprint density at radius 3 is 2.65 bits per heavy atom. The van der Waals surface area contributed by atoms with Gasteiger partial charge in [0.05, 0.1) is 17.2 Å². The molecule has 158 valence electrons. The first kappa shape index (κ1) is 21.5. The molecule has 0 radical (unpaired) electrons. The normalized spacial score (nSPS) is 10.4. The number of likely N-dealkylation sites (N-methyl/N-ethyl adjacent to an activating group) is 1. The van der Waals surface area contributed by atoms with Gasteiger partial charge in [-0.15, -0.1) is 0 Å². The van der Waals surface area contributed by atoms with Crippen LogP contribution in [0.25, 0.3) is 0 Å². The molecule has 10 nitrogen and oxygen atoms in total. The van der Waals surface area contributed by atoms with Crippen molar-refractivity contribution in [1.82, 2.24) is 14.9 Å². The lowest BCUT2D eigenvalue weighted by molar-refractivity contribution is -0.384. The Morgan fingerprint density at radius 1 is 1.19 bits per heavy atom. The van der Waals surface area contributed by atoms with Gasteiger partial charge in [0.25, 0.3) is 5.69 Å². The lowest BCUT2D eigenvalue weighted by Gasteiger charge is -2.12. The van der Waals surface area contributed by atoms with Crippen molar-refractivity contribution in [3.63, 3.8) is 0 Å². The molecule has 3 rings (SSSR count). The molecular formula is C21H21N7O3. The van der Waals surface area contributed by atoms with Crippen LogP contribution in [0.5, 0.6) is 5.75 Å². The fraction of sp³-hybridized carbons (Fsp3) is 0.190. The summed E-state index contributed by atoms with van der Waals surface area (Å²) in [6, 6.07) is 15.8. The molecule has 3 aromatic rings. The highest BCUT2D eigenvalue weighted by Gasteiger charge is 2.17. The van der Waals surface area contributed by atoms with Gasteiger partial charge in [0.2, 0.25) is 5.95 Å². The number of rotatable bonds is 9. The number of ether oxygens (including phenoxy) is 1. The quantitative estimate of drug-likeness (QED) is 0.394. The van der Waals surface area contributed by atoms with Crippen LogP contribution >= 0.6 is 0 Å². The van der Waals surface area contributed by atoms with Crippen LogP contribution < -0.4 is 15.4 Å². The third-order valence-electron chi connectivity index (χ3n) is 4.17. The van der Waals surface area contributed by atoms with Gasteiger partial charge in [-0.05, 0) is 38.4 Å². The molecule has 0 aliphatic heterocycles. The Morgan fingerprint density at radius 2 is 1.97 bits per heavy atom. The Bertz CT molecular complexity index is 1100. The minimum Gasteiger partial charge on any atom is -0.492 e. The summed E-state index contributed by atoms with van der Waals surface area (Å²) in [7, 11) is 3.83. The van der Waals surface area contributed by atoms with Gasteiger partial charge >= 0.3 is 0 Å². The van der Waals surface area contributed by atoms with E-state index in [0.29, 0.717) is 18.9 Å². The molecular weight excluding hydrogens is 398 g/mol. The SMILES string of the molecule is CN(C)CCOc1ccc(Nc2ncc(C#N)c(Nc3ccccc3)n2)c([N+](=O)[O-])c1. The molecule has 2 N–H and O–H groups in total. The van der Waals surface area contributed by atoms with Crippen molar-refractivity contribution in [3.8, 4) is 11.8 Å². The van der Waals surface area contributed by atoms with E-state index in [1.54, 1.807) is 6.07 Å². The number of aromatic nitrogens is 2. The Labute approximate surface area is 179 Å². The number of hydrogen-bond acceptors (Lipinski definition) is 9. The van der Waals surface area contributed by atoms with Crippen molar-refractivity contribution < 1.29 is 9.66 Å². The third kappa shape index (κ3) is 5.88. The summed E-state index contributed by atoms with van der Waals surface area (Å²) in [4.78, 5) is 21.4. The van der Waals surface area contributed by atoms with Crippen LogP contribution in [0.2, 0.25) is 0 Å². The average Bonchev–Trinajstić information content (AvgIpc) is 2.75. The van der Waals surface area contributed by atoms with Crippen molar-refractivity contribution in [2.24, 2.45) is 0 Å². The van der Waals surface area contributed by atoms with E-state index in [0.717, 1.165) is 5.69 Å². The molecule has 0 atom stereocenters. The molecule has 10 heteroatoms. The van der Waals surface area contributed by atoms with Gasteiger partial charge in [0.15, 0.2) is 5.82 Å². The zero-order chi connectivity index (χ0) is 22.2. The second-order valence-electron chi connectivity index (χ2n) is 6.77. The minimum absolute atomic E-state index is 0.113. The standard InChI is InChI=1S/C21H21N7O3/c1-27(2)10-11-31-17-8-9-18(19(12-17)28(29)30)25-21-23-14-15(13-22)20(26-21)24-16-6-4-3-5-7-16/h3-9,12,14H,10-11H2,1-2H3,(H2,23,24,25,26). The van der Waals surface area contributed by atoms with Gasteiger partial charge in [-0.25, -0.2) is 4.98 Å². The number of nitrogens with one attached hydrogen (secondary N) is 2. The largest absolute Gasteiger partial charge is 0.492 e. The molecule has 0 saturated heterocycles. The van der Waals surface area contributed by atoms with Crippen molar-refractivity contribution in [2.45, 2.75) is 0 Å². The van der Waals surface area contributed by atoms with E-state index in [-0.39, 0.29) is 28.7 Å². The van der Waals surface area contributed by atoms with E-state index in [4.69, 9.17) is 4.74 Å². The highest BCUT2D eigenvalue weighted by atomic mass is 16.6. The van der Waals surface area contributed by atoms with E-state index in [1.807, 2.05) is 55.4 Å². The second-order valence-corrected chi connectivity index (χ2v) is 6.77. The maximum Gasteiger partial charge on any atom is 0.296 e. The first-order valence-corrected chi connectivity index (χ1v) is 9.38. The smallest absolute Gasteiger partial charge is 0.296 e. The van der Waals surface area contributed by atoms with Crippen LogP contribution in [0, 0.1) is 21.4 Å². The maximum atomic E-state index is 11.6. The molecule has 1 heterocycles. The maximum absolute atomic E-state index is 11.6. The van der Waals surface area contributed by atoms with Crippen LogP contribution in [0.4, 0.5) is 28.8 Å². The van der Waals surface area contributed by atoms with Crippen LogP contribution in [-0.2, 0) is 0 Å². The van der Waals surface area contributed by atoms with E-state index < -0.39 is 4.92 Å². The first-order valence-electron chi connectivity index (χ1n) is 9.38. The molecule has 0 aliphatic carbocycles. The molecule has 31 heavy (non-hydrogen) atoms. The summed E-state index contributed by atoms with van der Waals surface area (Å²) < 4.78 is 5.58. The molecule has 1 aromatic heterocycles. The molecule has 0 saturated carbocycles. The Kier molecular flexibility index (Phi) is 6.93. The van der Waals surface area contributed by atoms with Gasteiger partial charge in [0, 0.05) is 12.2 Å². The van der Waals surface area contributed by atoms with E-state index in [9.17, 15) is 15.4 Å². The zero-order valence-corrected chi connectivity index (χ0v) is 17.1. The first-order chi connectivity index (χ1) is 15.0. The highest BCUT2D eigenvalue weighted by Crippen LogP contribution is 2.31. The summed E-state index contributed by atoms with van der Waals surface area (Å²) >= 11 is 0. The lowest BCUT2D eigenvalue weighted by atomic mass is 10.2. The molecule has 0 spiro atoms. The predicted molar refractivity (Wildman–Crippen MR) is 117 cm³/mol. The predicted octanol–water partition coefficient (Wildman–Crippen LogP) is 3.68. The number of nitriles is 1. The third-order valence-corrected chi connectivity index (χ3v) is 4.17. The molecule has 0 fully saturated rings. The van der Waals surface area contributed by atoms with Gasteiger partial charge < -0.3 is 20.3 Å². The molecule has 0 unspecified atom stereocenters. The van der Waals surface area contributed by atoms with Gasteiger partial charge in [0.1, 0.15) is 29.7 Å². The van der Waals surface area contributed by atoms with Crippen LogP contribution in [0.15, 0.2) is 54.7 Å². The summed E-state index contributed by atoms with van der Waals surface area (Å²) in [5.41, 5.74) is 1.02. The van der Waals surface area contributed by atoms with Crippen molar-refractivity contribution in [3.05, 3.63) is 70.4 Å². The van der Waals surface area contributed by atoms with Crippen LogP contribution in [0.1, 0.15) is 5.56 Å². The molecule has 0 amide bonds. The van der Waals surface area contributed by atoms with Gasteiger partial charge in [-0.3, -0.25) is 10.1 Å². The van der Waals surface area contributed by atoms with Crippen LogP contribution in [0.3, 0.4) is 0 Å². The second kappa shape index (κ2) is 10.00. The fourth-order valence-corrected chi connectivity index (χ4v) is 2.60. The summed E-state index contributed by atoms with van der Waals surface area (Å²) in [6.07, 6.45) is 1.35. The Hall–Kier alpha value is -4.23. The topological polar surface area (TPSA) is 129 Å². The summed E-state index contributed by atoms with van der Waals surface area (Å²) in [5, 5.41) is 26.8. The number of nitrogens with zero attached hydrogens (tertiary/aromatic N) is 5. The van der Waals surface area contributed by atoms with Gasteiger partial charge in [-0.1, -0.05) is 18.2 Å². The number of nitro benzene ring substituents is 1. The number of hydrogen-bond donors (Lipinski definition) is 2. The zero-order valence-electron chi connectivity index (χ0n) is 17.1. The highest BCUT2D eigenvalue weighted by molar-refractivity contribution is 5.70. The van der Waals surface area contributed by atoms with Crippen molar-refractivity contribution >= 4 is 28.8 Å². The number of anilines is 4. The number of nitro groups is 1. The van der Waals surface area contributed by atoms with E-state index in [1.165, 1.54) is 18.3 Å². The summed E-state index contributed by atoms with van der Waals surface area (Å²) in [6.45, 7) is 1.09. The Balaban J connectivity index is 1.83. The fourth-order valence-electron chi connectivity index (χ4n) is 2.60. The lowest BCUT2D eigenvalue weighted by Crippen LogP contribution is -2.19. The van der Waals surface area contributed by atoms with Crippen molar-refractivity contribution in [1.29, 1.82) is 5.26 Å². The van der Waals surface area contributed by atoms with Crippen LogP contribution in [-0.4, -0.2) is 47.0 Å². The number of benzene rings is 2. The van der Waals surface area contributed by atoms with E-state index >= 15 is 0 Å². The summed E-state index contributed by atoms with van der Waals surface area (Å²) in [5.74, 6) is 0.797. The number of para-hydroxylation sites is 1. The molecule has 0 aliphatic rings. The average molecular weight is 419 g/mol. The monoisotopic (exact) mass is 419 g/mol. The van der Waals surface area contributed by atoms with Crippen molar-refractivity contribution in [2.75, 3.05) is 37.9 Å². The molecule has 2 aromatic carbocycles. The minimum atomic E-state index is -0.506. The van der Waals surface area contributed by atoms with E-state index in [2.05, 4.69) is 20.6 Å². The van der Waals surface area contributed by atoms with Gasteiger partial charge in [-0.2, -0.15) is 10.2 Å².